The van der Waals surface area contributed by atoms with Gasteiger partial charge in [-0.2, -0.15) is 0 Å². The van der Waals surface area contributed by atoms with Crippen molar-refractivity contribution < 1.29 is 17.9 Å². The minimum absolute atomic E-state index is 0.00453. The molecule has 4 aromatic rings. The number of hydrogen-bond donors (Lipinski definition) is 1. The molecule has 1 aliphatic rings. The number of ether oxygens (including phenoxy) is 1. The number of sulfone groups is 1. The van der Waals surface area contributed by atoms with Crippen LogP contribution in [0.25, 0.3) is 17.5 Å². The third-order valence-electron chi connectivity index (χ3n) is 6.17. The summed E-state index contributed by atoms with van der Waals surface area (Å²) in [5, 5.41) is 0. The SMILES string of the molecule is CCOC(=O)C1=c2s/c(=C\c3ccccc3)c(=O)n2C(N)=C(S(=O)(=O)c2ccccc2)C1c1ccccc1. The van der Waals surface area contributed by atoms with E-state index in [2.05, 4.69) is 0 Å². The van der Waals surface area contributed by atoms with Crippen LogP contribution in [0.2, 0.25) is 0 Å². The highest BCUT2D eigenvalue weighted by Gasteiger charge is 2.42. The van der Waals surface area contributed by atoms with E-state index >= 15 is 0 Å². The first kappa shape index (κ1) is 25.4. The average molecular weight is 545 g/mol. The van der Waals surface area contributed by atoms with Crippen molar-refractivity contribution in [2.75, 3.05) is 6.61 Å². The van der Waals surface area contributed by atoms with Crippen LogP contribution < -0.4 is 20.5 Å². The Bertz CT molecular complexity index is 1820. The Morgan fingerprint density at radius 2 is 1.55 bits per heavy atom. The molecule has 1 atom stereocenters. The third-order valence-corrected chi connectivity index (χ3v) is 9.19. The summed E-state index contributed by atoms with van der Waals surface area (Å²) < 4.78 is 35.3. The van der Waals surface area contributed by atoms with Gasteiger partial charge in [0.2, 0.25) is 9.84 Å². The van der Waals surface area contributed by atoms with Crippen LogP contribution >= 0.6 is 11.3 Å². The molecule has 7 nitrogen and oxygen atoms in total. The number of nitrogens with zero attached hydrogens (tertiary/aromatic N) is 1. The molecule has 1 aromatic heterocycles. The molecule has 0 saturated carbocycles. The number of nitrogens with two attached hydrogens (primary N) is 1. The second kappa shape index (κ2) is 10.3. The van der Waals surface area contributed by atoms with E-state index in [1.807, 2.05) is 30.3 Å². The maximum Gasteiger partial charge on any atom is 0.338 e. The Hall–Kier alpha value is -4.21. The van der Waals surface area contributed by atoms with Crippen LogP contribution in [0.15, 0.2) is 106 Å². The van der Waals surface area contributed by atoms with Crippen LogP contribution in [0.5, 0.6) is 0 Å². The molecule has 0 spiro atoms. The van der Waals surface area contributed by atoms with Gasteiger partial charge in [0.05, 0.1) is 27.5 Å². The van der Waals surface area contributed by atoms with Crippen molar-refractivity contribution in [3.8, 4) is 0 Å². The van der Waals surface area contributed by atoms with Gasteiger partial charge < -0.3 is 10.5 Å². The van der Waals surface area contributed by atoms with E-state index < -0.39 is 27.3 Å². The lowest BCUT2D eigenvalue weighted by molar-refractivity contribution is -0.136. The highest BCUT2D eigenvalue weighted by Crippen LogP contribution is 2.42. The van der Waals surface area contributed by atoms with Gasteiger partial charge in [-0.1, -0.05) is 78.9 Å². The standard InChI is InChI=1S/C29H24N2O5S2/c1-2-36-29(33)24-23(20-14-8-4-9-15-20)25(38(34,35)21-16-10-5-11-17-21)26(30)31-27(32)22(37-28(24)31)18-19-12-6-3-7-13-19/h3-18,23H,2,30H2,1H3/b22-18-. The van der Waals surface area contributed by atoms with Gasteiger partial charge in [0.1, 0.15) is 15.4 Å². The molecule has 38 heavy (non-hydrogen) atoms. The number of benzene rings is 3. The molecule has 0 bridgehead atoms. The van der Waals surface area contributed by atoms with Gasteiger partial charge in [0, 0.05) is 0 Å². The van der Waals surface area contributed by atoms with Gasteiger partial charge in [-0.25, -0.2) is 13.2 Å². The van der Waals surface area contributed by atoms with E-state index in [4.69, 9.17) is 10.5 Å². The number of rotatable bonds is 6. The average Bonchev–Trinajstić information content (AvgIpc) is 3.25. The molecule has 2 heterocycles. The van der Waals surface area contributed by atoms with E-state index in [1.54, 1.807) is 61.5 Å². The zero-order chi connectivity index (χ0) is 26.9. The first-order valence-electron chi connectivity index (χ1n) is 11.9. The summed E-state index contributed by atoms with van der Waals surface area (Å²) in [6, 6.07) is 25.8. The summed E-state index contributed by atoms with van der Waals surface area (Å²) in [5.74, 6) is -2.03. The number of aromatic nitrogens is 1. The summed E-state index contributed by atoms with van der Waals surface area (Å²) >= 11 is 1.08. The number of esters is 1. The summed E-state index contributed by atoms with van der Waals surface area (Å²) in [6.45, 7) is 1.74. The first-order chi connectivity index (χ1) is 18.3. The van der Waals surface area contributed by atoms with Gasteiger partial charge in [-0.05, 0) is 36.3 Å². The molecular weight excluding hydrogens is 520 g/mol. The molecule has 2 N–H and O–H groups in total. The smallest absolute Gasteiger partial charge is 0.338 e. The fourth-order valence-corrected chi connectivity index (χ4v) is 7.36. The van der Waals surface area contributed by atoms with Crippen LogP contribution in [0, 0.1) is 0 Å². The van der Waals surface area contributed by atoms with E-state index in [0.717, 1.165) is 21.5 Å². The van der Waals surface area contributed by atoms with Crippen LogP contribution in [-0.4, -0.2) is 25.6 Å². The van der Waals surface area contributed by atoms with Crippen molar-refractivity contribution >= 4 is 44.6 Å². The van der Waals surface area contributed by atoms with E-state index in [0.29, 0.717) is 10.1 Å². The molecule has 0 aliphatic carbocycles. The Balaban J connectivity index is 1.93. The van der Waals surface area contributed by atoms with Gasteiger partial charge >= 0.3 is 5.97 Å². The summed E-state index contributed by atoms with van der Waals surface area (Å²) in [6.07, 6.45) is 1.69. The number of fused-ring (bicyclic) bond motifs is 1. The zero-order valence-corrected chi connectivity index (χ0v) is 22.0. The molecule has 3 aromatic carbocycles. The maximum absolute atomic E-state index is 14.1. The maximum atomic E-state index is 14.1. The molecule has 1 unspecified atom stereocenters. The van der Waals surface area contributed by atoms with Crippen molar-refractivity contribution in [1.29, 1.82) is 0 Å². The van der Waals surface area contributed by atoms with Crippen LogP contribution in [0.3, 0.4) is 0 Å². The van der Waals surface area contributed by atoms with Crippen molar-refractivity contribution in [3.05, 3.63) is 127 Å². The second-order valence-electron chi connectivity index (χ2n) is 8.51. The fourth-order valence-electron chi connectivity index (χ4n) is 4.49. The molecule has 1 aliphatic heterocycles. The van der Waals surface area contributed by atoms with Crippen molar-refractivity contribution in [2.45, 2.75) is 17.7 Å². The van der Waals surface area contributed by atoms with Crippen molar-refractivity contribution in [1.82, 2.24) is 4.57 Å². The lowest BCUT2D eigenvalue weighted by Gasteiger charge is -2.28. The Labute approximate surface area is 223 Å². The van der Waals surface area contributed by atoms with Gasteiger partial charge in [0.15, 0.2) is 0 Å². The zero-order valence-electron chi connectivity index (χ0n) is 20.4. The molecule has 0 radical (unpaired) electrons. The molecule has 0 saturated heterocycles. The minimum atomic E-state index is -4.24. The quantitative estimate of drug-likeness (QED) is 0.374. The first-order valence-corrected chi connectivity index (χ1v) is 14.2. The molecule has 5 rings (SSSR count). The highest BCUT2D eigenvalue weighted by atomic mass is 32.2. The van der Waals surface area contributed by atoms with Gasteiger partial charge in [0.25, 0.3) is 5.56 Å². The largest absolute Gasteiger partial charge is 0.463 e. The predicted molar refractivity (Wildman–Crippen MR) is 148 cm³/mol. The lowest BCUT2D eigenvalue weighted by Crippen LogP contribution is -2.41. The van der Waals surface area contributed by atoms with E-state index in [9.17, 15) is 18.0 Å². The molecule has 9 heteroatoms. The number of hydrogen-bond acceptors (Lipinski definition) is 7. The Morgan fingerprint density at radius 3 is 2.16 bits per heavy atom. The highest BCUT2D eigenvalue weighted by molar-refractivity contribution is 7.95. The lowest BCUT2D eigenvalue weighted by atomic mass is 9.89. The Morgan fingerprint density at radius 1 is 0.974 bits per heavy atom. The number of carbonyl (C=O) groups excluding carboxylic acids is 1. The Kier molecular flexibility index (Phi) is 6.88. The molecule has 0 fully saturated rings. The monoisotopic (exact) mass is 544 g/mol. The normalized spacial score (nSPS) is 15.9. The van der Waals surface area contributed by atoms with E-state index in [-0.39, 0.29) is 32.5 Å². The van der Waals surface area contributed by atoms with Crippen LogP contribution in [0.1, 0.15) is 24.0 Å². The van der Waals surface area contributed by atoms with Gasteiger partial charge in [-0.3, -0.25) is 9.36 Å². The summed E-state index contributed by atoms with van der Waals surface area (Å²) in [4.78, 5) is 26.9. The van der Waals surface area contributed by atoms with E-state index in [1.165, 1.54) is 12.1 Å². The fraction of sp³-hybridized carbons (Fsp3) is 0.103. The number of allylic oxidation sites excluding steroid dienone is 1. The molecule has 192 valence electrons. The van der Waals surface area contributed by atoms with Crippen LogP contribution in [0.4, 0.5) is 0 Å². The summed E-state index contributed by atoms with van der Waals surface area (Å²) in [5.41, 5.74) is 7.43. The molecule has 0 amide bonds. The molecular formula is C29H24N2O5S2. The van der Waals surface area contributed by atoms with Crippen molar-refractivity contribution in [3.63, 3.8) is 0 Å². The van der Waals surface area contributed by atoms with Gasteiger partial charge in [-0.15, -0.1) is 11.3 Å². The topological polar surface area (TPSA) is 108 Å². The van der Waals surface area contributed by atoms with Crippen LogP contribution in [-0.2, 0) is 19.4 Å². The number of carbonyl (C=O) groups is 1. The third kappa shape index (κ3) is 4.40. The number of thiazole rings is 1. The van der Waals surface area contributed by atoms with Crippen molar-refractivity contribution in [2.24, 2.45) is 5.73 Å². The predicted octanol–water partition coefficient (Wildman–Crippen LogP) is 2.81. The summed E-state index contributed by atoms with van der Waals surface area (Å²) in [7, 11) is -4.24. The minimum Gasteiger partial charge on any atom is -0.463 e. The second-order valence-corrected chi connectivity index (χ2v) is 11.5.